The molecular weight excluding hydrogens is 270 g/mol. The Hall–Kier alpha value is -1.82. The maximum atomic E-state index is 11.0. The molecule has 116 valence electrons. The first-order valence-electron chi connectivity index (χ1n) is 7.44. The van der Waals surface area contributed by atoms with Crippen LogP contribution in [-0.2, 0) is 0 Å². The van der Waals surface area contributed by atoms with Crippen LogP contribution < -0.4 is 15.8 Å². The minimum atomic E-state index is -0.423. The maximum absolute atomic E-state index is 11.0. The Morgan fingerprint density at radius 2 is 2.10 bits per heavy atom. The molecule has 2 rings (SSSR count). The highest BCUT2D eigenvalue weighted by atomic mass is 16.6. The summed E-state index contributed by atoms with van der Waals surface area (Å²) in [6.07, 6.45) is 4.25. The van der Waals surface area contributed by atoms with Gasteiger partial charge in [-0.3, -0.25) is 10.1 Å². The predicted octanol–water partition coefficient (Wildman–Crippen LogP) is 3.06. The lowest BCUT2D eigenvalue weighted by Gasteiger charge is -2.30. The van der Waals surface area contributed by atoms with Crippen molar-refractivity contribution in [2.24, 2.45) is 5.73 Å². The van der Waals surface area contributed by atoms with E-state index in [-0.39, 0.29) is 23.9 Å². The molecule has 1 aliphatic carbocycles. The van der Waals surface area contributed by atoms with Crippen LogP contribution in [0.2, 0.25) is 0 Å². The second kappa shape index (κ2) is 6.76. The molecule has 0 heterocycles. The Labute approximate surface area is 124 Å². The zero-order valence-electron chi connectivity index (χ0n) is 12.5. The summed E-state index contributed by atoms with van der Waals surface area (Å²) in [4.78, 5) is 10.6. The van der Waals surface area contributed by atoms with E-state index in [2.05, 4.69) is 5.32 Å². The standard InChI is InChI=1S/C15H23N3O3/c1-10(2)21-15-9-11(7-8-14(15)18(19)20)17-13-6-4-3-5-12(13)16/h7-10,12-13,17H,3-6,16H2,1-2H3/t12-,13-/m1/s1. The summed E-state index contributed by atoms with van der Waals surface area (Å²) in [7, 11) is 0. The van der Waals surface area contributed by atoms with Gasteiger partial charge in [-0.05, 0) is 32.8 Å². The molecule has 21 heavy (non-hydrogen) atoms. The number of hydrogen-bond acceptors (Lipinski definition) is 5. The van der Waals surface area contributed by atoms with Crippen molar-refractivity contribution in [3.05, 3.63) is 28.3 Å². The van der Waals surface area contributed by atoms with E-state index in [0.717, 1.165) is 24.9 Å². The highest BCUT2D eigenvalue weighted by molar-refractivity contribution is 5.58. The summed E-state index contributed by atoms with van der Waals surface area (Å²) < 4.78 is 5.55. The molecule has 1 aromatic carbocycles. The molecule has 0 amide bonds. The number of nitrogens with one attached hydrogen (secondary N) is 1. The van der Waals surface area contributed by atoms with Gasteiger partial charge in [-0.25, -0.2) is 0 Å². The number of ether oxygens (including phenoxy) is 1. The zero-order valence-corrected chi connectivity index (χ0v) is 12.5. The summed E-state index contributed by atoms with van der Waals surface area (Å²) in [5, 5.41) is 14.4. The Balaban J connectivity index is 2.18. The molecule has 2 atom stereocenters. The van der Waals surface area contributed by atoms with Crippen molar-refractivity contribution in [3.63, 3.8) is 0 Å². The van der Waals surface area contributed by atoms with Gasteiger partial charge in [0.15, 0.2) is 5.75 Å². The molecule has 0 aliphatic heterocycles. The maximum Gasteiger partial charge on any atom is 0.311 e. The van der Waals surface area contributed by atoms with Crippen molar-refractivity contribution < 1.29 is 9.66 Å². The van der Waals surface area contributed by atoms with E-state index in [9.17, 15) is 10.1 Å². The SMILES string of the molecule is CC(C)Oc1cc(N[C@@H]2CCCC[C@H]2N)ccc1[N+](=O)[O-]. The van der Waals surface area contributed by atoms with E-state index in [1.165, 1.54) is 12.5 Å². The molecule has 3 N–H and O–H groups in total. The lowest BCUT2D eigenvalue weighted by molar-refractivity contribution is -0.386. The van der Waals surface area contributed by atoms with Crippen LogP contribution in [0.5, 0.6) is 5.75 Å². The lowest BCUT2D eigenvalue weighted by atomic mass is 9.91. The van der Waals surface area contributed by atoms with Gasteiger partial charge in [-0.1, -0.05) is 12.8 Å². The first kappa shape index (κ1) is 15.6. The number of benzene rings is 1. The van der Waals surface area contributed by atoms with Crippen molar-refractivity contribution in [2.45, 2.75) is 57.7 Å². The first-order chi connectivity index (χ1) is 9.97. The molecule has 1 saturated carbocycles. The van der Waals surface area contributed by atoms with Crippen molar-refractivity contribution in [1.29, 1.82) is 0 Å². The van der Waals surface area contributed by atoms with Crippen LogP contribution in [0.3, 0.4) is 0 Å². The second-order valence-electron chi connectivity index (χ2n) is 5.81. The summed E-state index contributed by atoms with van der Waals surface area (Å²) >= 11 is 0. The van der Waals surface area contributed by atoms with Gasteiger partial charge in [0.2, 0.25) is 0 Å². The predicted molar refractivity (Wildman–Crippen MR) is 82.7 cm³/mol. The number of rotatable bonds is 5. The number of anilines is 1. The number of nitrogens with zero attached hydrogens (tertiary/aromatic N) is 1. The average molecular weight is 293 g/mol. The quantitative estimate of drug-likeness (QED) is 0.643. The average Bonchev–Trinajstić information content (AvgIpc) is 2.40. The van der Waals surface area contributed by atoms with E-state index in [4.69, 9.17) is 10.5 Å². The smallest absolute Gasteiger partial charge is 0.311 e. The molecule has 0 saturated heterocycles. The number of nitrogens with two attached hydrogens (primary N) is 1. The fraction of sp³-hybridized carbons (Fsp3) is 0.600. The van der Waals surface area contributed by atoms with Crippen LogP contribution in [0, 0.1) is 10.1 Å². The Bertz CT molecular complexity index is 505. The van der Waals surface area contributed by atoms with E-state index < -0.39 is 4.92 Å². The Morgan fingerprint density at radius 1 is 1.38 bits per heavy atom. The van der Waals surface area contributed by atoms with Gasteiger partial charge in [0.25, 0.3) is 0 Å². The van der Waals surface area contributed by atoms with Crippen molar-refractivity contribution >= 4 is 11.4 Å². The molecule has 0 radical (unpaired) electrons. The van der Waals surface area contributed by atoms with Crippen molar-refractivity contribution in [2.75, 3.05) is 5.32 Å². The third-order valence-electron chi connectivity index (χ3n) is 3.69. The highest BCUT2D eigenvalue weighted by Crippen LogP contribution is 2.32. The van der Waals surface area contributed by atoms with Crippen LogP contribution in [0.1, 0.15) is 39.5 Å². The second-order valence-corrected chi connectivity index (χ2v) is 5.81. The van der Waals surface area contributed by atoms with Crippen LogP contribution in [0.15, 0.2) is 18.2 Å². The van der Waals surface area contributed by atoms with Gasteiger partial charge in [-0.2, -0.15) is 0 Å². The largest absolute Gasteiger partial charge is 0.484 e. The van der Waals surface area contributed by atoms with Crippen LogP contribution in [0.4, 0.5) is 11.4 Å². The summed E-state index contributed by atoms with van der Waals surface area (Å²) in [6.45, 7) is 3.70. The fourth-order valence-electron chi connectivity index (χ4n) is 2.66. The topological polar surface area (TPSA) is 90.4 Å². The summed E-state index contributed by atoms with van der Waals surface area (Å²) in [5.74, 6) is 0.296. The number of nitro benzene ring substituents is 1. The van der Waals surface area contributed by atoms with E-state index >= 15 is 0 Å². The van der Waals surface area contributed by atoms with Gasteiger partial charge >= 0.3 is 5.69 Å². The van der Waals surface area contributed by atoms with Gasteiger partial charge in [0.1, 0.15) is 0 Å². The van der Waals surface area contributed by atoms with Crippen molar-refractivity contribution in [3.8, 4) is 5.75 Å². The molecule has 0 unspecified atom stereocenters. The normalized spacial score (nSPS) is 22.1. The van der Waals surface area contributed by atoms with Crippen molar-refractivity contribution in [1.82, 2.24) is 0 Å². The van der Waals surface area contributed by atoms with E-state index in [1.54, 1.807) is 12.1 Å². The summed E-state index contributed by atoms with van der Waals surface area (Å²) in [5.41, 5.74) is 6.93. The monoisotopic (exact) mass is 293 g/mol. The van der Waals surface area contributed by atoms with Crippen LogP contribution >= 0.6 is 0 Å². The third kappa shape index (κ3) is 4.07. The molecular formula is C15H23N3O3. The third-order valence-corrected chi connectivity index (χ3v) is 3.69. The molecule has 1 aromatic rings. The molecule has 0 spiro atoms. The minimum Gasteiger partial charge on any atom is -0.484 e. The van der Waals surface area contributed by atoms with Gasteiger partial charge < -0.3 is 15.8 Å². The summed E-state index contributed by atoms with van der Waals surface area (Å²) in [6, 6.07) is 5.23. The zero-order chi connectivity index (χ0) is 15.4. The fourth-order valence-corrected chi connectivity index (χ4v) is 2.66. The molecule has 1 fully saturated rings. The van der Waals surface area contributed by atoms with Crippen LogP contribution in [-0.4, -0.2) is 23.1 Å². The van der Waals surface area contributed by atoms with E-state index in [1.807, 2.05) is 13.8 Å². The molecule has 1 aliphatic rings. The molecule has 0 aromatic heterocycles. The lowest BCUT2D eigenvalue weighted by Crippen LogP contribution is -2.42. The Kier molecular flexibility index (Phi) is 5.01. The van der Waals surface area contributed by atoms with Crippen LogP contribution in [0.25, 0.3) is 0 Å². The first-order valence-corrected chi connectivity index (χ1v) is 7.44. The highest BCUT2D eigenvalue weighted by Gasteiger charge is 2.23. The van der Waals surface area contributed by atoms with E-state index in [0.29, 0.717) is 5.75 Å². The number of hydrogen-bond donors (Lipinski definition) is 2. The molecule has 6 heteroatoms. The van der Waals surface area contributed by atoms with Gasteiger partial charge in [-0.15, -0.1) is 0 Å². The van der Waals surface area contributed by atoms with Gasteiger partial charge in [0, 0.05) is 29.9 Å². The minimum absolute atomic E-state index is 0.0119. The van der Waals surface area contributed by atoms with Gasteiger partial charge in [0.05, 0.1) is 11.0 Å². The Morgan fingerprint density at radius 3 is 2.71 bits per heavy atom. The number of nitro groups is 1. The molecule has 6 nitrogen and oxygen atoms in total. The molecule has 0 bridgehead atoms.